The molecular weight excluding hydrogens is 395 g/mol. The molecule has 2 aliphatic rings. The average Bonchev–Trinajstić information content (AvgIpc) is 2.99. The first-order valence-corrected chi connectivity index (χ1v) is 9.06. The van der Waals surface area contributed by atoms with Crippen LogP contribution in [0, 0.1) is 5.92 Å². The Labute approximate surface area is 166 Å². The zero-order valence-corrected chi connectivity index (χ0v) is 16.3. The molecule has 0 atom stereocenters. The van der Waals surface area contributed by atoms with Gasteiger partial charge in [-0.05, 0) is 18.9 Å². The lowest BCUT2D eigenvalue weighted by atomic mass is 9.80. The number of fused-ring (bicyclic) bond motifs is 1. The lowest BCUT2D eigenvalue weighted by molar-refractivity contribution is -0.139. The molecule has 3 heterocycles. The van der Waals surface area contributed by atoms with Crippen LogP contribution in [0.4, 0.5) is 19.0 Å². The smallest absolute Gasteiger partial charge is 0.351 e. The Morgan fingerprint density at radius 2 is 1.86 bits per heavy atom. The van der Waals surface area contributed by atoms with Gasteiger partial charge in [0, 0.05) is 63.0 Å². The number of amides is 1. The summed E-state index contributed by atoms with van der Waals surface area (Å²) in [4.78, 5) is 20.4. The number of carbonyl (C=O) groups excluding carboxylic acids is 1. The molecule has 2 fully saturated rings. The quantitative estimate of drug-likeness (QED) is 0.814. The summed E-state index contributed by atoms with van der Waals surface area (Å²) in [7, 11) is 1.72. The topological polar surface area (TPSA) is 67.4 Å². The summed E-state index contributed by atoms with van der Waals surface area (Å²) in [5.74, 6) is 0.694. The first-order valence-electron chi connectivity index (χ1n) is 9.06. The van der Waals surface area contributed by atoms with Crippen LogP contribution in [0.2, 0.25) is 0 Å². The van der Waals surface area contributed by atoms with Crippen LogP contribution in [0.3, 0.4) is 0 Å². The Balaban J connectivity index is 0.00000225. The second kappa shape index (κ2) is 7.44. The highest BCUT2D eigenvalue weighted by Crippen LogP contribution is 2.38. The number of pyridine rings is 1. The second-order valence-electron chi connectivity index (χ2n) is 7.42. The molecule has 0 radical (unpaired) electrons. The van der Waals surface area contributed by atoms with Crippen molar-refractivity contribution in [3.63, 3.8) is 0 Å². The normalized spacial score (nSPS) is 22.8. The van der Waals surface area contributed by atoms with Gasteiger partial charge < -0.3 is 20.1 Å². The molecule has 1 saturated heterocycles. The van der Waals surface area contributed by atoms with E-state index in [1.807, 2.05) is 9.80 Å². The van der Waals surface area contributed by atoms with E-state index in [2.05, 4.69) is 4.98 Å². The van der Waals surface area contributed by atoms with E-state index in [4.69, 9.17) is 5.73 Å². The number of anilines is 1. The molecule has 154 valence electrons. The molecule has 0 unspecified atom stereocenters. The number of aryl methyl sites for hydroxylation is 1. The molecular formula is C18H23ClF3N5O. The SMILES string of the molecule is Cl.Cn1ccc2c(C(F)(F)F)cnc(N3CCN(C(=O)C4CC(N)C4)CC3)c21. The van der Waals surface area contributed by atoms with Crippen molar-refractivity contribution >= 4 is 35.0 Å². The largest absolute Gasteiger partial charge is 0.418 e. The van der Waals surface area contributed by atoms with Crippen molar-refractivity contribution in [2.45, 2.75) is 25.1 Å². The Morgan fingerprint density at radius 1 is 1.21 bits per heavy atom. The van der Waals surface area contributed by atoms with E-state index >= 15 is 0 Å². The van der Waals surface area contributed by atoms with Gasteiger partial charge in [0.15, 0.2) is 5.82 Å². The summed E-state index contributed by atoms with van der Waals surface area (Å²) >= 11 is 0. The van der Waals surface area contributed by atoms with Crippen molar-refractivity contribution < 1.29 is 18.0 Å². The van der Waals surface area contributed by atoms with E-state index in [0.717, 1.165) is 19.0 Å². The van der Waals surface area contributed by atoms with E-state index in [0.29, 0.717) is 37.5 Å². The van der Waals surface area contributed by atoms with Gasteiger partial charge >= 0.3 is 6.18 Å². The van der Waals surface area contributed by atoms with Gasteiger partial charge in [0.05, 0.1) is 11.1 Å². The molecule has 2 aromatic heterocycles. The average molecular weight is 418 g/mol. The molecule has 6 nitrogen and oxygen atoms in total. The van der Waals surface area contributed by atoms with Crippen molar-refractivity contribution in [1.82, 2.24) is 14.5 Å². The van der Waals surface area contributed by atoms with Crippen molar-refractivity contribution in [3.05, 3.63) is 24.0 Å². The van der Waals surface area contributed by atoms with Crippen LogP contribution in [0.1, 0.15) is 18.4 Å². The maximum absolute atomic E-state index is 13.3. The number of aromatic nitrogens is 2. The summed E-state index contributed by atoms with van der Waals surface area (Å²) in [6.45, 7) is 2.17. The zero-order chi connectivity index (χ0) is 19.3. The van der Waals surface area contributed by atoms with E-state index in [1.54, 1.807) is 17.8 Å². The fraction of sp³-hybridized carbons (Fsp3) is 0.556. The highest BCUT2D eigenvalue weighted by molar-refractivity contribution is 5.93. The number of hydrogen-bond acceptors (Lipinski definition) is 4. The number of carbonyl (C=O) groups is 1. The molecule has 1 saturated carbocycles. The van der Waals surface area contributed by atoms with Crippen LogP contribution >= 0.6 is 12.4 Å². The Bertz CT molecular complexity index is 870. The Hall–Kier alpha value is -2.00. The summed E-state index contributed by atoms with van der Waals surface area (Å²) in [5, 5.41) is 0.150. The molecule has 10 heteroatoms. The number of rotatable bonds is 2. The number of piperazine rings is 1. The Kier molecular flexibility index (Phi) is 5.51. The maximum Gasteiger partial charge on any atom is 0.418 e. The van der Waals surface area contributed by atoms with E-state index in [1.165, 1.54) is 6.07 Å². The fourth-order valence-electron chi connectivity index (χ4n) is 4.00. The predicted molar refractivity (Wildman–Crippen MR) is 102 cm³/mol. The third kappa shape index (κ3) is 3.53. The molecule has 0 aromatic carbocycles. The minimum Gasteiger partial charge on any atom is -0.351 e. The van der Waals surface area contributed by atoms with E-state index < -0.39 is 11.7 Å². The summed E-state index contributed by atoms with van der Waals surface area (Å²) in [5.41, 5.74) is 5.51. The van der Waals surface area contributed by atoms with Crippen LogP contribution < -0.4 is 10.6 Å². The molecule has 4 rings (SSSR count). The molecule has 1 aliphatic carbocycles. The van der Waals surface area contributed by atoms with Gasteiger partial charge in [0.1, 0.15) is 0 Å². The lowest BCUT2D eigenvalue weighted by Gasteiger charge is -2.40. The number of alkyl halides is 3. The van der Waals surface area contributed by atoms with Gasteiger partial charge in [-0.15, -0.1) is 12.4 Å². The van der Waals surface area contributed by atoms with Gasteiger partial charge in [-0.3, -0.25) is 4.79 Å². The minimum atomic E-state index is -4.44. The van der Waals surface area contributed by atoms with E-state index in [-0.39, 0.29) is 35.7 Å². The second-order valence-corrected chi connectivity index (χ2v) is 7.42. The summed E-state index contributed by atoms with van der Waals surface area (Å²) in [6, 6.07) is 1.60. The summed E-state index contributed by atoms with van der Waals surface area (Å²) in [6.07, 6.45) is -0.442. The van der Waals surface area contributed by atoms with Crippen molar-refractivity contribution in [3.8, 4) is 0 Å². The third-order valence-corrected chi connectivity index (χ3v) is 5.61. The summed E-state index contributed by atoms with van der Waals surface area (Å²) < 4.78 is 41.5. The monoisotopic (exact) mass is 417 g/mol. The molecule has 2 aromatic rings. The molecule has 1 aliphatic heterocycles. The molecule has 0 spiro atoms. The van der Waals surface area contributed by atoms with Crippen LogP contribution in [-0.2, 0) is 18.0 Å². The number of nitrogens with zero attached hydrogens (tertiary/aromatic N) is 4. The zero-order valence-electron chi connectivity index (χ0n) is 15.4. The van der Waals surface area contributed by atoms with Crippen LogP contribution in [0.25, 0.3) is 10.9 Å². The van der Waals surface area contributed by atoms with Crippen LogP contribution in [0.5, 0.6) is 0 Å². The first-order chi connectivity index (χ1) is 12.8. The van der Waals surface area contributed by atoms with Crippen molar-refractivity contribution in [1.29, 1.82) is 0 Å². The molecule has 28 heavy (non-hydrogen) atoms. The maximum atomic E-state index is 13.3. The minimum absolute atomic E-state index is 0. The Morgan fingerprint density at radius 3 is 2.43 bits per heavy atom. The van der Waals surface area contributed by atoms with Crippen molar-refractivity contribution in [2.75, 3.05) is 31.1 Å². The van der Waals surface area contributed by atoms with E-state index in [9.17, 15) is 18.0 Å². The first kappa shape index (κ1) is 20.7. The van der Waals surface area contributed by atoms with Gasteiger partial charge in [-0.2, -0.15) is 13.2 Å². The molecule has 0 bridgehead atoms. The lowest BCUT2D eigenvalue weighted by Crippen LogP contribution is -2.53. The fourth-order valence-corrected chi connectivity index (χ4v) is 4.00. The third-order valence-electron chi connectivity index (χ3n) is 5.61. The predicted octanol–water partition coefficient (Wildman–Crippen LogP) is 2.40. The standard InChI is InChI=1S/C18H22F3N5O.ClH/c1-24-3-2-13-14(18(19,20)21)10-23-16(15(13)24)25-4-6-26(7-5-25)17(27)11-8-12(22)9-11;/h2-3,10-12H,4-9,22H2,1H3;1H. The highest BCUT2D eigenvalue weighted by Gasteiger charge is 2.37. The van der Waals surface area contributed by atoms with Gasteiger partial charge in [-0.1, -0.05) is 0 Å². The number of nitrogens with two attached hydrogens (primary N) is 1. The highest BCUT2D eigenvalue weighted by atomic mass is 35.5. The van der Waals surface area contributed by atoms with Crippen LogP contribution in [-0.4, -0.2) is 52.6 Å². The van der Waals surface area contributed by atoms with Gasteiger partial charge in [0.25, 0.3) is 0 Å². The van der Waals surface area contributed by atoms with Crippen molar-refractivity contribution in [2.24, 2.45) is 18.7 Å². The molecule has 1 amide bonds. The van der Waals surface area contributed by atoms with Gasteiger partial charge in [-0.25, -0.2) is 4.98 Å². The van der Waals surface area contributed by atoms with Gasteiger partial charge in [0.2, 0.25) is 5.91 Å². The number of hydrogen-bond donors (Lipinski definition) is 1. The van der Waals surface area contributed by atoms with Crippen LogP contribution in [0.15, 0.2) is 18.5 Å². The molecule has 2 N–H and O–H groups in total. The number of halogens is 4.